The van der Waals surface area contributed by atoms with E-state index in [0.29, 0.717) is 18.5 Å². The monoisotopic (exact) mass is 525 g/mol. The number of benzene rings is 2. The van der Waals surface area contributed by atoms with Crippen molar-refractivity contribution in [2.24, 2.45) is 0 Å². The molecule has 7 rings (SSSR count). The summed E-state index contributed by atoms with van der Waals surface area (Å²) >= 11 is 0. The number of hydrogen-bond acceptors (Lipinski definition) is 7. The van der Waals surface area contributed by atoms with Gasteiger partial charge in [-0.15, -0.1) is 0 Å². The molecule has 1 N–H and O–H groups in total. The van der Waals surface area contributed by atoms with Gasteiger partial charge in [-0.3, -0.25) is 24.6 Å². The first-order valence-corrected chi connectivity index (χ1v) is 13.8. The van der Waals surface area contributed by atoms with Gasteiger partial charge >= 0.3 is 0 Å². The lowest BCUT2D eigenvalue weighted by Crippen LogP contribution is -2.52. The fraction of sp³-hybridized carbons (Fsp3) is 0.400. The number of amides is 3. The molecule has 3 aromatic rings. The highest BCUT2D eigenvalue weighted by Gasteiger charge is 2.39. The molecule has 3 saturated heterocycles. The van der Waals surface area contributed by atoms with Gasteiger partial charge in [0.05, 0.1) is 5.52 Å². The van der Waals surface area contributed by atoms with Crippen LogP contribution in [0, 0.1) is 0 Å². The molecule has 0 saturated carbocycles. The van der Waals surface area contributed by atoms with Crippen LogP contribution in [0.1, 0.15) is 47.2 Å². The van der Waals surface area contributed by atoms with Gasteiger partial charge in [-0.1, -0.05) is 6.07 Å². The second-order valence-corrected chi connectivity index (χ2v) is 11.0. The molecule has 2 atom stereocenters. The highest BCUT2D eigenvalue weighted by molar-refractivity contribution is 6.05. The van der Waals surface area contributed by atoms with Gasteiger partial charge in [0.2, 0.25) is 11.8 Å². The van der Waals surface area contributed by atoms with E-state index in [1.807, 2.05) is 12.1 Å². The minimum absolute atomic E-state index is 0.0765. The largest absolute Gasteiger partial charge is 0.489 e. The third-order valence-electron chi connectivity index (χ3n) is 8.35. The Labute approximate surface area is 226 Å². The average Bonchev–Trinajstić information content (AvgIpc) is 3.46. The predicted molar refractivity (Wildman–Crippen MR) is 145 cm³/mol. The van der Waals surface area contributed by atoms with E-state index in [4.69, 9.17) is 9.72 Å². The van der Waals surface area contributed by atoms with Crippen LogP contribution in [0.25, 0.3) is 10.9 Å². The molecule has 3 amide bonds. The van der Waals surface area contributed by atoms with Crippen LogP contribution in [0.5, 0.6) is 5.75 Å². The zero-order valence-electron chi connectivity index (χ0n) is 21.8. The fourth-order valence-corrected chi connectivity index (χ4v) is 6.10. The summed E-state index contributed by atoms with van der Waals surface area (Å²) in [6.07, 6.45) is 2.87. The van der Waals surface area contributed by atoms with Gasteiger partial charge in [0.15, 0.2) is 0 Å². The summed E-state index contributed by atoms with van der Waals surface area (Å²) in [5, 5.41) is 3.52. The molecule has 0 bridgehead atoms. The van der Waals surface area contributed by atoms with Crippen LogP contribution in [0.15, 0.2) is 48.5 Å². The molecule has 9 heteroatoms. The summed E-state index contributed by atoms with van der Waals surface area (Å²) in [7, 11) is 0. The van der Waals surface area contributed by atoms with Crippen LogP contribution in [0.3, 0.4) is 0 Å². The molecule has 5 heterocycles. The molecular weight excluding hydrogens is 494 g/mol. The lowest BCUT2D eigenvalue weighted by Gasteiger charge is -2.32. The van der Waals surface area contributed by atoms with Gasteiger partial charge in [0, 0.05) is 56.6 Å². The summed E-state index contributed by atoms with van der Waals surface area (Å²) in [6.45, 7) is 5.20. The number of pyridine rings is 1. The van der Waals surface area contributed by atoms with E-state index in [9.17, 15) is 14.4 Å². The fourth-order valence-electron chi connectivity index (χ4n) is 6.10. The number of nitrogens with one attached hydrogen (secondary N) is 1. The zero-order valence-corrected chi connectivity index (χ0v) is 21.8. The van der Waals surface area contributed by atoms with Crippen LogP contribution < -0.4 is 15.0 Å². The third kappa shape index (κ3) is 4.61. The van der Waals surface area contributed by atoms with Crippen molar-refractivity contribution in [2.75, 3.05) is 31.1 Å². The van der Waals surface area contributed by atoms with Crippen molar-refractivity contribution in [1.29, 1.82) is 0 Å². The van der Waals surface area contributed by atoms with Gasteiger partial charge in [-0.2, -0.15) is 0 Å². The molecule has 9 nitrogen and oxygen atoms in total. The van der Waals surface area contributed by atoms with Gasteiger partial charge in [0.1, 0.15) is 23.7 Å². The van der Waals surface area contributed by atoms with Crippen molar-refractivity contribution in [3.63, 3.8) is 0 Å². The normalized spacial score (nSPS) is 23.2. The molecule has 39 heavy (non-hydrogen) atoms. The van der Waals surface area contributed by atoms with E-state index in [-0.39, 0.29) is 24.3 Å². The second kappa shape index (κ2) is 9.64. The van der Waals surface area contributed by atoms with Crippen molar-refractivity contribution < 1.29 is 19.1 Å². The minimum atomic E-state index is -0.608. The lowest BCUT2D eigenvalue weighted by atomic mass is 10.0. The van der Waals surface area contributed by atoms with Crippen LogP contribution in [-0.2, 0) is 22.7 Å². The van der Waals surface area contributed by atoms with Crippen molar-refractivity contribution >= 4 is 34.4 Å². The average molecular weight is 526 g/mol. The van der Waals surface area contributed by atoms with E-state index < -0.39 is 11.9 Å². The summed E-state index contributed by atoms with van der Waals surface area (Å²) in [4.78, 5) is 47.9. The Morgan fingerprint density at radius 2 is 1.87 bits per heavy atom. The number of carbonyl (C=O) groups excluding carboxylic acids is 3. The van der Waals surface area contributed by atoms with Gasteiger partial charge in [0.25, 0.3) is 5.91 Å². The summed E-state index contributed by atoms with van der Waals surface area (Å²) in [5.41, 5.74) is 3.77. The van der Waals surface area contributed by atoms with E-state index in [2.05, 4.69) is 45.4 Å². The Bertz CT molecular complexity index is 1490. The SMILES string of the molecule is O=C1CCC(N2Cc3cc(O[C@H]4CCN(Cc5ccc6nc(N7CCC7)ccc6c5)C4)ccc3C2=O)C(=O)N1. The number of anilines is 1. The second-order valence-electron chi connectivity index (χ2n) is 11.0. The molecule has 4 aliphatic rings. The van der Waals surface area contributed by atoms with Crippen molar-refractivity contribution in [2.45, 2.75) is 50.9 Å². The Morgan fingerprint density at radius 3 is 2.69 bits per heavy atom. The molecule has 3 fully saturated rings. The zero-order chi connectivity index (χ0) is 26.5. The number of rotatable bonds is 6. The number of likely N-dealkylation sites (tertiary alicyclic amines) is 1. The van der Waals surface area contributed by atoms with Gasteiger partial charge in [-0.05, 0) is 72.9 Å². The lowest BCUT2D eigenvalue weighted by molar-refractivity contribution is -0.136. The van der Waals surface area contributed by atoms with E-state index >= 15 is 0 Å². The number of carbonyl (C=O) groups is 3. The Morgan fingerprint density at radius 1 is 0.974 bits per heavy atom. The van der Waals surface area contributed by atoms with Crippen LogP contribution in [0.2, 0.25) is 0 Å². The first kappa shape index (κ1) is 24.1. The first-order chi connectivity index (χ1) is 19.0. The molecule has 0 aliphatic carbocycles. The molecule has 2 aromatic carbocycles. The first-order valence-electron chi connectivity index (χ1n) is 13.8. The van der Waals surface area contributed by atoms with Crippen LogP contribution >= 0.6 is 0 Å². The molecular formula is C30H31N5O4. The molecule has 1 aromatic heterocycles. The number of piperidine rings is 1. The number of ether oxygens (including phenoxy) is 1. The Kier molecular flexibility index (Phi) is 5.96. The number of fused-ring (bicyclic) bond motifs is 2. The van der Waals surface area contributed by atoms with Crippen molar-refractivity contribution in [3.05, 3.63) is 65.2 Å². The predicted octanol–water partition coefficient (Wildman–Crippen LogP) is 2.86. The highest BCUT2D eigenvalue weighted by atomic mass is 16.5. The third-order valence-corrected chi connectivity index (χ3v) is 8.35. The maximum absolute atomic E-state index is 12.9. The minimum Gasteiger partial charge on any atom is -0.489 e. The van der Waals surface area contributed by atoms with Crippen LogP contribution in [0.4, 0.5) is 5.82 Å². The number of aromatic nitrogens is 1. The van der Waals surface area contributed by atoms with E-state index in [0.717, 1.165) is 61.8 Å². The van der Waals surface area contributed by atoms with Gasteiger partial charge in [-0.25, -0.2) is 4.98 Å². The number of hydrogen-bond donors (Lipinski definition) is 1. The topological polar surface area (TPSA) is 95.1 Å². The van der Waals surface area contributed by atoms with E-state index in [1.54, 1.807) is 11.0 Å². The quantitative estimate of drug-likeness (QED) is 0.495. The standard InChI is InChI=1S/C30H31N5O4/c36-28-9-7-26(29(37)32-28)35-17-21-15-22(4-5-24(21)30(35)38)39-23-10-13-33(18-23)16-19-2-6-25-20(14-19)3-8-27(31-25)34-11-1-12-34/h2-6,8,14-15,23,26H,1,7,9-13,16-18H2,(H,32,36,37)/t23-,26?/m0/s1. The maximum Gasteiger partial charge on any atom is 0.255 e. The van der Waals surface area contributed by atoms with Crippen LogP contribution in [-0.4, -0.2) is 70.8 Å². The maximum atomic E-state index is 12.9. The van der Waals surface area contributed by atoms with Crippen molar-refractivity contribution in [3.8, 4) is 5.75 Å². The summed E-state index contributed by atoms with van der Waals surface area (Å²) in [5.74, 6) is 0.971. The molecule has 0 spiro atoms. The number of imide groups is 1. The molecule has 4 aliphatic heterocycles. The molecule has 200 valence electrons. The Hall–Kier alpha value is -3.98. The van der Waals surface area contributed by atoms with Crippen molar-refractivity contribution in [1.82, 2.24) is 20.1 Å². The molecule has 0 radical (unpaired) electrons. The number of nitrogens with zero attached hydrogens (tertiary/aromatic N) is 4. The van der Waals surface area contributed by atoms with Gasteiger partial charge < -0.3 is 14.5 Å². The highest BCUT2D eigenvalue weighted by Crippen LogP contribution is 2.31. The molecule has 1 unspecified atom stereocenters. The Balaban J connectivity index is 0.968. The van der Waals surface area contributed by atoms with E-state index in [1.165, 1.54) is 17.4 Å². The smallest absolute Gasteiger partial charge is 0.255 e. The summed E-state index contributed by atoms with van der Waals surface area (Å²) < 4.78 is 6.33. The summed E-state index contributed by atoms with van der Waals surface area (Å²) in [6, 6.07) is 15.8.